The third kappa shape index (κ3) is 3.65. The third-order valence-electron chi connectivity index (χ3n) is 3.90. The number of nitrogens with one attached hydrogen (secondary N) is 2. The smallest absolute Gasteiger partial charge is 0.271 e. The summed E-state index contributed by atoms with van der Waals surface area (Å²) in [6.45, 7) is 4.14. The lowest BCUT2D eigenvalue weighted by molar-refractivity contribution is 0.0933. The molecule has 116 valence electrons. The van der Waals surface area contributed by atoms with Crippen LogP contribution in [0.1, 0.15) is 47.3 Å². The Bertz CT molecular complexity index is 654. The van der Waals surface area contributed by atoms with Crippen molar-refractivity contribution in [3.63, 3.8) is 0 Å². The van der Waals surface area contributed by atoms with E-state index < -0.39 is 0 Å². The molecule has 0 atom stereocenters. The van der Waals surface area contributed by atoms with Gasteiger partial charge in [-0.15, -0.1) is 11.3 Å². The van der Waals surface area contributed by atoms with E-state index in [2.05, 4.69) is 47.7 Å². The predicted molar refractivity (Wildman–Crippen MR) is 91.0 cm³/mol. The maximum absolute atomic E-state index is 12.2. The zero-order valence-electron chi connectivity index (χ0n) is 13.0. The van der Waals surface area contributed by atoms with Crippen molar-refractivity contribution in [2.24, 2.45) is 0 Å². The van der Waals surface area contributed by atoms with E-state index in [4.69, 9.17) is 0 Å². The molecule has 2 aromatic rings. The van der Waals surface area contributed by atoms with Gasteiger partial charge >= 0.3 is 0 Å². The Labute approximate surface area is 135 Å². The maximum atomic E-state index is 12.2. The van der Waals surface area contributed by atoms with Crippen LogP contribution in [0.4, 0.5) is 10.8 Å². The Morgan fingerprint density at radius 3 is 2.55 bits per heavy atom. The second-order valence-electron chi connectivity index (χ2n) is 5.99. The van der Waals surface area contributed by atoms with E-state index in [1.54, 1.807) is 0 Å². The first-order valence-corrected chi connectivity index (χ1v) is 8.60. The van der Waals surface area contributed by atoms with Gasteiger partial charge in [-0.3, -0.25) is 4.79 Å². The van der Waals surface area contributed by atoms with Crippen molar-refractivity contribution in [2.75, 3.05) is 5.32 Å². The van der Waals surface area contributed by atoms with Crippen molar-refractivity contribution < 1.29 is 4.79 Å². The third-order valence-corrected chi connectivity index (χ3v) is 4.66. The molecule has 1 aliphatic rings. The summed E-state index contributed by atoms with van der Waals surface area (Å²) in [6, 6.07) is 6.61. The molecule has 0 unspecified atom stereocenters. The van der Waals surface area contributed by atoms with E-state index in [1.165, 1.54) is 35.3 Å². The van der Waals surface area contributed by atoms with Gasteiger partial charge in [0, 0.05) is 17.1 Å². The number of nitrogens with zero attached hydrogens (tertiary/aromatic N) is 1. The Kier molecular flexibility index (Phi) is 4.43. The molecule has 1 heterocycles. The highest BCUT2D eigenvalue weighted by molar-refractivity contribution is 7.14. The number of carbonyl (C=O) groups excluding carboxylic acids is 1. The average molecular weight is 315 g/mol. The van der Waals surface area contributed by atoms with Crippen LogP contribution in [0.25, 0.3) is 0 Å². The first-order valence-electron chi connectivity index (χ1n) is 7.72. The Morgan fingerprint density at radius 2 is 1.86 bits per heavy atom. The lowest BCUT2D eigenvalue weighted by atomic mass is 10.1. The largest absolute Gasteiger partial charge is 0.348 e. The fraction of sp³-hybridized carbons (Fsp3) is 0.412. The van der Waals surface area contributed by atoms with Crippen molar-refractivity contribution in [2.45, 2.75) is 45.6 Å². The van der Waals surface area contributed by atoms with Crippen LogP contribution in [0.2, 0.25) is 0 Å². The molecule has 0 spiro atoms. The second kappa shape index (κ2) is 6.48. The summed E-state index contributed by atoms with van der Waals surface area (Å²) in [5.74, 6) is -0.0587. The summed E-state index contributed by atoms with van der Waals surface area (Å²) >= 11 is 1.46. The number of thiazole rings is 1. The van der Waals surface area contributed by atoms with Crippen LogP contribution in [-0.2, 0) is 0 Å². The Morgan fingerprint density at radius 1 is 1.18 bits per heavy atom. The fourth-order valence-corrected chi connectivity index (χ4v) is 3.65. The van der Waals surface area contributed by atoms with Gasteiger partial charge in [-0.05, 0) is 49.9 Å². The molecule has 2 N–H and O–H groups in total. The van der Waals surface area contributed by atoms with Gasteiger partial charge in [-0.1, -0.05) is 18.9 Å². The SMILES string of the molecule is Cc1cc(C)cc(Nc2nc(C(=O)NC3CCCC3)cs2)c1. The summed E-state index contributed by atoms with van der Waals surface area (Å²) in [6.07, 6.45) is 4.59. The van der Waals surface area contributed by atoms with Crippen molar-refractivity contribution in [1.29, 1.82) is 0 Å². The molecular weight excluding hydrogens is 294 g/mol. The van der Waals surface area contributed by atoms with E-state index in [9.17, 15) is 4.79 Å². The molecule has 1 fully saturated rings. The zero-order valence-corrected chi connectivity index (χ0v) is 13.8. The van der Waals surface area contributed by atoms with Gasteiger partial charge in [0.15, 0.2) is 5.13 Å². The quantitative estimate of drug-likeness (QED) is 0.890. The standard InChI is InChI=1S/C17H21N3OS/c1-11-7-12(2)9-14(8-11)19-17-20-15(10-22-17)16(21)18-13-5-3-4-6-13/h7-10,13H,3-6H2,1-2H3,(H,18,21)(H,19,20). The Balaban J connectivity index is 1.66. The van der Waals surface area contributed by atoms with Crippen LogP contribution < -0.4 is 10.6 Å². The molecule has 0 aliphatic heterocycles. The molecule has 0 bridgehead atoms. The van der Waals surface area contributed by atoms with Gasteiger partial charge in [0.25, 0.3) is 5.91 Å². The van der Waals surface area contributed by atoms with Gasteiger partial charge in [-0.25, -0.2) is 4.98 Å². The summed E-state index contributed by atoms with van der Waals surface area (Å²) in [5, 5.41) is 8.92. The lowest BCUT2D eigenvalue weighted by Crippen LogP contribution is -2.32. The highest BCUT2D eigenvalue weighted by Gasteiger charge is 2.19. The first kappa shape index (κ1) is 15.0. The van der Waals surface area contributed by atoms with Crippen LogP contribution in [-0.4, -0.2) is 16.9 Å². The van der Waals surface area contributed by atoms with E-state index in [0.717, 1.165) is 23.7 Å². The number of carbonyl (C=O) groups is 1. The highest BCUT2D eigenvalue weighted by atomic mass is 32.1. The van der Waals surface area contributed by atoms with Crippen molar-refractivity contribution in [3.05, 3.63) is 40.4 Å². The summed E-state index contributed by atoms with van der Waals surface area (Å²) < 4.78 is 0. The van der Waals surface area contributed by atoms with E-state index >= 15 is 0 Å². The monoisotopic (exact) mass is 315 g/mol. The van der Waals surface area contributed by atoms with Gasteiger partial charge < -0.3 is 10.6 Å². The molecule has 5 heteroatoms. The molecule has 1 amide bonds. The molecule has 3 rings (SSSR count). The minimum atomic E-state index is -0.0587. The summed E-state index contributed by atoms with van der Waals surface area (Å²) in [4.78, 5) is 16.6. The topological polar surface area (TPSA) is 54.0 Å². The van der Waals surface area contributed by atoms with Crippen molar-refractivity contribution in [3.8, 4) is 0 Å². The van der Waals surface area contributed by atoms with Gasteiger partial charge in [-0.2, -0.15) is 0 Å². The molecular formula is C17H21N3OS. The van der Waals surface area contributed by atoms with Crippen LogP contribution in [0.5, 0.6) is 0 Å². The van der Waals surface area contributed by atoms with Crippen LogP contribution in [0, 0.1) is 13.8 Å². The second-order valence-corrected chi connectivity index (χ2v) is 6.85. The number of aryl methyl sites for hydroxylation is 2. The van der Waals surface area contributed by atoms with Gasteiger partial charge in [0.1, 0.15) is 5.69 Å². The molecule has 1 saturated carbocycles. The number of anilines is 2. The molecule has 4 nitrogen and oxygen atoms in total. The number of amides is 1. The van der Waals surface area contributed by atoms with Crippen molar-refractivity contribution >= 4 is 28.1 Å². The van der Waals surface area contributed by atoms with E-state index in [-0.39, 0.29) is 5.91 Å². The number of hydrogen-bond donors (Lipinski definition) is 2. The Hall–Kier alpha value is -1.88. The average Bonchev–Trinajstić information content (AvgIpc) is 3.09. The van der Waals surface area contributed by atoms with E-state index in [0.29, 0.717) is 11.7 Å². The molecule has 1 aliphatic carbocycles. The zero-order chi connectivity index (χ0) is 15.5. The molecule has 1 aromatic heterocycles. The number of hydrogen-bond acceptors (Lipinski definition) is 4. The van der Waals surface area contributed by atoms with Crippen LogP contribution in [0.3, 0.4) is 0 Å². The predicted octanol–water partition coefficient (Wildman–Crippen LogP) is 4.18. The molecule has 0 radical (unpaired) electrons. The molecule has 0 saturated heterocycles. The van der Waals surface area contributed by atoms with Gasteiger partial charge in [0.05, 0.1) is 0 Å². The summed E-state index contributed by atoms with van der Waals surface area (Å²) in [7, 11) is 0. The minimum absolute atomic E-state index is 0.0587. The van der Waals surface area contributed by atoms with Gasteiger partial charge in [0.2, 0.25) is 0 Å². The number of benzene rings is 1. The molecule has 1 aromatic carbocycles. The van der Waals surface area contributed by atoms with E-state index in [1.807, 2.05) is 5.38 Å². The number of rotatable bonds is 4. The van der Waals surface area contributed by atoms with Crippen molar-refractivity contribution in [1.82, 2.24) is 10.3 Å². The van der Waals surface area contributed by atoms with Crippen LogP contribution >= 0.6 is 11.3 Å². The molecule has 22 heavy (non-hydrogen) atoms. The lowest BCUT2D eigenvalue weighted by Gasteiger charge is -2.10. The normalized spacial score (nSPS) is 15.0. The maximum Gasteiger partial charge on any atom is 0.271 e. The first-order chi connectivity index (χ1) is 10.6. The highest BCUT2D eigenvalue weighted by Crippen LogP contribution is 2.23. The van der Waals surface area contributed by atoms with Crippen LogP contribution in [0.15, 0.2) is 23.6 Å². The number of aromatic nitrogens is 1. The summed E-state index contributed by atoms with van der Waals surface area (Å²) in [5.41, 5.74) is 3.93. The fourth-order valence-electron chi connectivity index (χ4n) is 2.94. The minimum Gasteiger partial charge on any atom is -0.348 e.